The molecule has 10 heteroatoms. The molecule has 0 radical (unpaired) electrons. The molecule has 1 aliphatic heterocycles. The smallest absolute Gasteiger partial charge is 0.243 e. The quantitative estimate of drug-likeness (QED) is 0.353. The Morgan fingerprint density at radius 2 is 1.68 bits per heavy atom. The van der Waals surface area contributed by atoms with Crippen LogP contribution >= 0.6 is 15.9 Å². The van der Waals surface area contributed by atoms with Crippen molar-refractivity contribution in [1.29, 1.82) is 0 Å². The van der Waals surface area contributed by atoms with E-state index in [-0.39, 0.29) is 30.7 Å². The molecular formula is C30H32BrN3O6. The topological polar surface area (TPSA) is 106 Å². The molecule has 1 aliphatic rings. The first kappa shape index (κ1) is 28.9. The fraction of sp³-hybridized carbons (Fsp3) is 0.300. The summed E-state index contributed by atoms with van der Waals surface area (Å²) in [6, 6.07) is 17.3. The van der Waals surface area contributed by atoms with Crippen molar-refractivity contribution in [2.24, 2.45) is 5.92 Å². The van der Waals surface area contributed by atoms with E-state index in [0.29, 0.717) is 40.6 Å². The second-order valence-corrected chi connectivity index (χ2v) is 10.3. The molecule has 1 heterocycles. The molecule has 0 bridgehead atoms. The van der Waals surface area contributed by atoms with Crippen molar-refractivity contribution in [3.05, 3.63) is 76.3 Å². The first-order valence-electron chi connectivity index (χ1n) is 12.8. The molecule has 0 aromatic heterocycles. The number of ether oxygens (including phenoxy) is 3. The Bertz CT molecular complexity index is 1390. The van der Waals surface area contributed by atoms with Gasteiger partial charge in [-0.1, -0.05) is 22.0 Å². The number of halogens is 1. The Morgan fingerprint density at radius 1 is 0.950 bits per heavy atom. The van der Waals surface area contributed by atoms with Gasteiger partial charge in [0, 0.05) is 22.3 Å². The number of hydrogen-bond donors (Lipinski definition) is 2. The third-order valence-electron chi connectivity index (χ3n) is 6.90. The van der Waals surface area contributed by atoms with Gasteiger partial charge in [0.25, 0.3) is 0 Å². The SMILES string of the molecule is COc1ccc(N2C(=O)CCC(C(=O)NCC(=O)Nc3ccc(Br)c(C)c3)C2c2ccc(OC)c(OC)c2)cc1. The molecule has 9 nitrogen and oxygen atoms in total. The van der Waals surface area contributed by atoms with Crippen LogP contribution in [0.4, 0.5) is 11.4 Å². The van der Waals surface area contributed by atoms with Crippen molar-refractivity contribution in [2.75, 3.05) is 38.1 Å². The summed E-state index contributed by atoms with van der Waals surface area (Å²) in [5.74, 6) is 0.251. The number of rotatable bonds is 9. The van der Waals surface area contributed by atoms with Crippen molar-refractivity contribution >= 4 is 45.0 Å². The summed E-state index contributed by atoms with van der Waals surface area (Å²) in [6.07, 6.45) is 0.502. The highest BCUT2D eigenvalue weighted by atomic mass is 79.9. The summed E-state index contributed by atoms with van der Waals surface area (Å²) >= 11 is 3.45. The van der Waals surface area contributed by atoms with E-state index in [1.165, 1.54) is 7.11 Å². The zero-order valence-corrected chi connectivity index (χ0v) is 24.4. The number of methoxy groups -OCH3 is 3. The summed E-state index contributed by atoms with van der Waals surface area (Å²) in [7, 11) is 4.65. The Kier molecular flexibility index (Phi) is 9.31. The van der Waals surface area contributed by atoms with Gasteiger partial charge in [-0.3, -0.25) is 14.4 Å². The zero-order chi connectivity index (χ0) is 28.8. The molecule has 4 rings (SSSR count). The summed E-state index contributed by atoms with van der Waals surface area (Å²) < 4.78 is 17.1. The summed E-state index contributed by atoms with van der Waals surface area (Å²) in [5, 5.41) is 5.59. The van der Waals surface area contributed by atoms with E-state index in [1.807, 2.05) is 25.1 Å². The minimum atomic E-state index is -0.647. The molecular weight excluding hydrogens is 578 g/mol. The molecule has 3 aromatic carbocycles. The van der Waals surface area contributed by atoms with Gasteiger partial charge in [-0.15, -0.1) is 0 Å². The molecule has 3 aromatic rings. The van der Waals surface area contributed by atoms with Gasteiger partial charge in [0.2, 0.25) is 17.7 Å². The van der Waals surface area contributed by atoms with Crippen LogP contribution in [0.1, 0.15) is 30.0 Å². The van der Waals surface area contributed by atoms with Crippen molar-refractivity contribution in [3.8, 4) is 17.2 Å². The standard InChI is InChI=1S/C30H32BrN3O6/c1-18-15-20(6-12-24(18)31)33-27(35)17-32-30(37)23-11-14-28(36)34(21-7-9-22(38-2)10-8-21)29(23)19-5-13-25(39-3)26(16-19)40-4/h5-10,12-13,15-16,23,29H,11,14,17H2,1-4H3,(H,32,37)(H,33,35). The molecule has 0 spiro atoms. The highest BCUT2D eigenvalue weighted by Gasteiger charge is 2.42. The molecule has 2 atom stereocenters. The number of piperidine rings is 1. The lowest BCUT2D eigenvalue weighted by molar-refractivity contribution is -0.130. The van der Waals surface area contributed by atoms with E-state index in [9.17, 15) is 14.4 Å². The largest absolute Gasteiger partial charge is 0.497 e. The normalized spacial score (nSPS) is 16.7. The van der Waals surface area contributed by atoms with E-state index >= 15 is 0 Å². The Balaban J connectivity index is 1.61. The highest BCUT2D eigenvalue weighted by Crippen LogP contribution is 2.42. The average molecular weight is 611 g/mol. The van der Waals surface area contributed by atoms with Gasteiger partial charge in [0.15, 0.2) is 11.5 Å². The van der Waals surface area contributed by atoms with Crippen LogP contribution in [-0.2, 0) is 14.4 Å². The molecule has 210 valence electrons. The van der Waals surface area contributed by atoms with Crippen LogP contribution in [0.3, 0.4) is 0 Å². The summed E-state index contributed by atoms with van der Waals surface area (Å²) in [4.78, 5) is 41.2. The van der Waals surface area contributed by atoms with Crippen LogP contribution in [0.5, 0.6) is 17.2 Å². The van der Waals surface area contributed by atoms with Crippen LogP contribution in [0.15, 0.2) is 65.1 Å². The van der Waals surface area contributed by atoms with Gasteiger partial charge in [0.1, 0.15) is 5.75 Å². The van der Waals surface area contributed by atoms with Gasteiger partial charge in [-0.05, 0) is 79.1 Å². The van der Waals surface area contributed by atoms with E-state index in [1.54, 1.807) is 61.6 Å². The minimum absolute atomic E-state index is 0.114. The molecule has 40 heavy (non-hydrogen) atoms. The van der Waals surface area contributed by atoms with Crippen molar-refractivity contribution in [2.45, 2.75) is 25.8 Å². The van der Waals surface area contributed by atoms with Gasteiger partial charge >= 0.3 is 0 Å². The second-order valence-electron chi connectivity index (χ2n) is 9.40. The van der Waals surface area contributed by atoms with Crippen molar-refractivity contribution in [3.63, 3.8) is 0 Å². The van der Waals surface area contributed by atoms with Crippen LogP contribution in [0.25, 0.3) is 0 Å². The number of carbonyl (C=O) groups excluding carboxylic acids is 3. The fourth-order valence-electron chi connectivity index (χ4n) is 4.86. The van der Waals surface area contributed by atoms with Crippen LogP contribution in [0, 0.1) is 12.8 Å². The molecule has 1 saturated heterocycles. The predicted octanol–water partition coefficient (Wildman–Crippen LogP) is 5.02. The third-order valence-corrected chi connectivity index (χ3v) is 7.79. The summed E-state index contributed by atoms with van der Waals surface area (Å²) in [5.41, 5.74) is 2.95. The third kappa shape index (κ3) is 6.39. The van der Waals surface area contributed by atoms with E-state index in [0.717, 1.165) is 10.0 Å². The summed E-state index contributed by atoms with van der Waals surface area (Å²) in [6.45, 7) is 1.72. The predicted molar refractivity (Wildman–Crippen MR) is 156 cm³/mol. The molecule has 2 unspecified atom stereocenters. The molecule has 2 N–H and O–H groups in total. The molecule has 0 aliphatic carbocycles. The van der Waals surface area contributed by atoms with Crippen LogP contribution in [-0.4, -0.2) is 45.6 Å². The first-order chi connectivity index (χ1) is 19.2. The van der Waals surface area contributed by atoms with Crippen LogP contribution in [0.2, 0.25) is 0 Å². The Morgan fingerprint density at radius 3 is 2.33 bits per heavy atom. The number of anilines is 2. The Hall–Kier alpha value is -4.05. The molecule has 1 fully saturated rings. The Labute approximate surface area is 241 Å². The number of benzene rings is 3. The number of nitrogens with zero attached hydrogens (tertiary/aromatic N) is 1. The zero-order valence-electron chi connectivity index (χ0n) is 22.8. The second kappa shape index (κ2) is 12.9. The van der Waals surface area contributed by atoms with Crippen LogP contribution < -0.4 is 29.7 Å². The first-order valence-corrected chi connectivity index (χ1v) is 13.6. The van der Waals surface area contributed by atoms with Gasteiger partial charge in [0.05, 0.1) is 39.8 Å². The number of nitrogens with one attached hydrogen (secondary N) is 2. The molecule has 3 amide bonds. The lowest BCUT2D eigenvalue weighted by Gasteiger charge is -2.41. The maximum absolute atomic E-state index is 13.6. The van der Waals surface area contributed by atoms with Gasteiger partial charge in [-0.25, -0.2) is 0 Å². The molecule has 0 saturated carbocycles. The van der Waals surface area contributed by atoms with E-state index in [2.05, 4.69) is 26.6 Å². The average Bonchev–Trinajstić information content (AvgIpc) is 2.97. The van der Waals surface area contributed by atoms with E-state index in [4.69, 9.17) is 14.2 Å². The lowest BCUT2D eigenvalue weighted by Crippen LogP contribution is -2.49. The van der Waals surface area contributed by atoms with Crippen molar-refractivity contribution in [1.82, 2.24) is 5.32 Å². The fourth-order valence-corrected chi connectivity index (χ4v) is 5.11. The van der Waals surface area contributed by atoms with E-state index < -0.39 is 12.0 Å². The van der Waals surface area contributed by atoms with Gasteiger partial charge < -0.3 is 29.7 Å². The van der Waals surface area contributed by atoms with Crippen molar-refractivity contribution < 1.29 is 28.6 Å². The maximum atomic E-state index is 13.6. The number of amides is 3. The maximum Gasteiger partial charge on any atom is 0.243 e. The number of aryl methyl sites for hydroxylation is 1. The van der Waals surface area contributed by atoms with Gasteiger partial charge in [-0.2, -0.15) is 0 Å². The highest BCUT2D eigenvalue weighted by molar-refractivity contribution is 9.10. The number of carbonyl (C=O) groups is 3. The number of hydrogen-bond acceptors (Lipinski definition) is 6. The minimum Gasteiger partial charge on any atom is -0.497 e. The lowest BCUT2D eigenvalue weighted by atomic mass is 9.83. The monoisotopic (exact) mass is 609 g/mol.